The molecular formula is C25H24N4O3. The van der Waals surface area contributed by atoms with Crippen LogP contribution in [0.5, 0.6) is 5.75 Å². The molecule has 0 aliphatic carbocycles. The lowest BCUT2D eigenvalue weighted by molar-refractivity contribution is -0.118. The van der Waals surface area contributed by atoms with E-state index in [2.05, 4.69) is 41.2 Å². The molecule has 0 aliphatic heterocycles. The molecule has 0 fully saturated rings. The summed E-state index contributed by atoms with van der Waals surface area (Å²) in [5.41, 5.74) is 3.19. The fourth-order valence-corrected chi connectivity index (χ4v) is 3.11. The quantitative estimate of drug-likeness (QED) is 0.459. The first-order valence-corrected chi connectivity index (χ1v) is 10.3. The molecule has 2 heterocycles. The van der Waals surface area contributed by atoms with Crippen LogP contribution in [-0.4, -0.2) is 27.6 Å². The molecule has 0 saturated carbocycles. The first-order valence-electron chi connectivity index (χ1n) is 10.3. The van der Waals surface area contributed by atoms with Crippen LogP contribution in [-0.2, 0) is 10.2 Å². The zero-order valence-corrected chi connectivity index (χ0v) is 18.2. The Labute approximate surface area is 186 Å². The van der Waals surface area contributed by atoms with Crippen molar-refractivity contribution in [1.29, 1.82) is 0 Å². The molecule has 7 heteroatoms. The number of para-hydroxylation sites is 1. The highest BCUT2D eigenvalue weighted by molar-refractivity contribution is 5.95. The molecule has 1 N–H and O–H groups in total. The van der Waals surface area contributed by atoms with Crippen LogP contribution in [0.3, 0.4) is 0 Å². The lowest BCUT2D eigenvalue weighted by atomic mass is 9.87. The first kappa shape index (κ1) is 21.2. The topological polar surface area (TPSA) is 90.1 Å². The molecule has 32 heavy (non-hydrogen) atoms. The van der Waals surface area contributed by atoms with Crippen LogP contribution >= 0.6 is 0 Å². The number of nitrogens with zero attached hydrogens (tertiary/aromatic N) is 3. The number of hydrogen-bond donors (Lipinski definition) is 1. The van der Waals surface area contributed by atoms with Crippen molar-refractivity contribution >= 4 is 11.6 Å². The van der Waals surface area contributed by atoms with Gasteiger partial charge < -0.3 is 14.6 Å². The third kappa shape index (κ3) is 5.00. The normalized spacial score (nSPS) is 11.2. The van der Waals surface area contributed by atoms with E-state index in [1.165, 1.54) is 5.56 Å². The minimum absolute atomic E-state index is 0.0608. The second-order valence-corrected chi connectivity index (χ2v) is 8.32. The van der Waals surface area contributed by atoms with Gasteiger partial charge in [0.25, 0.3) is 11.8 Å². The fraction of sp³-hybridized carbons (Fsp3) is 0.200. The van der Waals surface area contributed by atoms with Gasteiger partial charge in [-0.05, 0) is 47.4 Å². The number of nitrogens with one attached hydrogen (secondary N) is 1. The van der Waals surface area contributed by atoms with Crippen LogP contribution < -0.4 is 10.1 Å². The fourth-order valence-electron chi connectivity index (χ4n) is 3.11. The van der Waals surface area contributed by atoms with Crippen LogP contribution in [0.15, 0.2) is 77.6 Å². The number of carbonyl (C=O) groups is 1. The molecule has 0 saturated heterocycles. The smallest absolute Gasteiger partial charge is 0.262 e. The molecule has 7 nitrogen and oxygen atoms in total. The van der Waals surface area contributed by atoms with Crippen LogP contribution in [0.1, 0.15) is 26.3 Å². The molecule has 2 aromatic heterocycles. The van der Waals surface area contributed by atoms with E-state index in [0.717, 1.165) is 5.56 Å². The van der Waals surface area contributed by atoms with E-state index in [1.807, 2.05) is 48.5 Å². The number of ether oxygens (including phenoxy) is 1. The maximum absolute atomic E-state index is 12.5. The number of pyridine rings is 1. The van der Waals surface area contributed by atoms with Crippen LogP contribution in [0.4, 0.5) is 5.69 Å². The standard InChI is InChI=1S/C25H24N4O3/c1-25(2,3)18-10-12-19(13-11-18)31-16-22(30)27-21-9-5-4-8-20(21)24-28-23(29-32-24)17-7-6-14-26-15-17/h4-15H,16H2,1-3H3,(H,27,30). The van der Waals surface area contributed by atoms with Crippen molar-refractivity contribution < 1.29 is 14.1 Å². The van der Waals surface area contributed by atoms with Gasteiger partial charge in [-0.3, -0.25) is 9.78 Å². The van der Waals surface area contributed by atoms with Gasteiger partial charge in [0.2, 0.25) is 5.82 Å². The Morgan fingerprint density at radius 2 is 1.81 bits per heavy atom. The molecule has 2 aromatic carbocycles. The molecule has 1 amide bonds. The Hall–Kier alpha value is -4.00. The molecule has 0 radical (unpaired) electrons. The Morgan fingerprint density at radius 1 is 1.03 bits per heavy atom. The maximum Gasteiger partial charge on any atom is 0.262 e. The van der Waals surface area contributed by atoms with Crippen LogP contribution in [0.25, 0.3) is 22.8 Å². The maximum atomic E-state index is 12.5. The van der Waals surface area contributed by atoms with E-state index in [0.29, 0.717) is 28.7 Å². The van der Waals surface area contributed by atoms with Crippen molar-refractivity contribution in [2.75, 3.05) is 11.9 Å². The van der Waals surface area contributed by atoms with Gasteiger partial charge in [-0.2, -0.15) is 4.98 Å². The van der Waals surface area contributed by atoms with E-state index in [-0.39, 0.29) is 17.9 Å². The number of amides is 1. The van der Waals surface area contributed by atoms with E-state index in [1.54, 1.807) is 24.5 Å². The van der Waals surface area contributed by atoms with Crippen LogP contribution in [0.2, 0.25) is 0 Å². The lowest BCUT2D eigenvalue weighted by Gasteiger charge is -2.19. The molecule has 162 valence electrons. The van der Waals surface area contributed by atoms with Gasteiger partial charge in [-0.15, -0.1) is 0 Å². The average Bonchev–Trinajstić information content (AvgIpc) is 3.28. The SMILES string of the molecule is CC(C)(C)c1ccc(OCC(=O)Nc2ccccc2-c2nc(-c3cccnc3)no2)cc1. The minimum atomic E-state index is -0.288. The van der Waals surface area contributed by atoms with Crippen molar-refractivity contribution in [2.24, 2.45) is 0 Å². The number of anilines is 1. The highest BCUT2D eigenvalue weighted by atomic mass is 16.5. The molecule has 0 atom stereocenters. The predicted octanol–water partition coefficient (Wildman–Crippen LogP) is 5.11. The number of benzene rings is 2. The summed E-state index contributed by atoms with van der Waals surface area (Å²) in [5.74, 6) is 1.08. The van der Waals surface area contributed by atoms with Gasteiger partial charge in [0.15, 0.2) is 6.61 Å². The minimum Gasteiger partial charge on any atom is -0.484 e. The highest BCUT2D eigenvalue weighted by Crippen LogP contribution is 2.28. The summed E-state index contributed by atoms with van der Waals surface area (Å²) >= 11 is 0. The first-order chi connectivity index (χ1) is 15.4. The summed E-state index contributed by atoms with van der Waals surface area (Å²) in [6, 6.07) is 18.7. The molecule has 0 unspecified atom stereocenters. The van der Waals surface area contributed by atoms with Crippen molar-refractivity contribution in [1.82, 2.24) is 15.1 Å². The molecule has 0 bridgehead atoms. The zero-order chi connectivity index (χ0) is 22.6. The van der Waals surface area contributed by atoms with Gasteiger partial charge in [-0.1, -0.05) is 50.2 Å². The number of carbonyl (C=O) groups excluding carboxylic acids is 1. The Kier molecular flexibility index (Phi) is 5.98. The van der Waals surface area contributed by atoms with Gasteiger partial charge >= 0.3 is 0 Å². The monoisotopic (exact) mass is 428 g/mol. The molecule has 0 aliphatic rings. The van der Waals surface area contributed by atoms with E-state index in [4.69, 9.17) is 9.26 Å². The third-order valence-corrected chi connectivity index (χ3v) is 4.87. The van der Waals surface area contributed by atoms with Crippen molar-refractivity contribution in [3.63, 3.8) is 0 Å². The Balaban J connectivity index is 1.43. The number of rotatable bonds is 6. The molecular weight excluding hydrogens is 404 g/mol. The van der Waals surface area contributed by atoms with Crippen molar-refractivity contribution in [2.45, 2.75) is 26.2 Å². The van der Waals surface area contributed by atoms with E-state index < -0.39 is 0 Å². The summed E-state index contributed by atoms with van der Waals surface area (Å²) in [5, 5.41) is 6.88. The summed E-state index contributed by atoms with van der Waals surface area (Å²) in [6.45, 7) is 6.33. The molecule has 4 aromatic rings. The molecule has 4 rings (SSSR count). The van der Waals surface area contributed by atoms with Gasteiger partial charge in [0.1, 0.15) is 5.75 Å². The largest absolute Gasteiger partial charge is 0.484 e. The third-order valence-electron chi connectivity index (χ3n) is 4.87. The number of hydrogen-bond acceptors (Lipinski definition) is 6. The van der Waals surface area contributed by atoms with Gasteiger partial charge in [0.05, 0.1) is 11.3 Å². The second-order valence-electron chi connectivity index (χ2n) is 8.32. The zero-order valence-electron chi connectivity index (χ0n) is 18.2. The Morgan fingerprint density at radius 3 is 2.53 bits per heavy atom. The summed E-state index contributed by atoms with van der Waals surface area (Å²) in [4.78, 5) is 21.0. The van der Waals surface area contributed by atoms with Crippen molar-refractivity contribution in [3.05, 3.63) is 78.6 Å². The van der Waals surface area contributed by atoms with Gasteiger partial charge in [-0.25, -0.2) is 0 Å². The lowest BCUT2D eigenvalue weighted by Crippen LogP contribution is -2.20. The Bertz CT molecular complexity index is 1200. The molecule has 0 spiro atoms. The predicted molar refractivity (Wildman–Crippen MR) is 122 cm³/mol. The van der Waals surface area contributed by atoms with E-state index in [9.17, 15) is 4.79 Å². The van der Waals surface area contributed by atoms with E-state index >= 15 is 0 Å². The summed E-state index contributed by atoms with van der Waals surface area (Å²) < 4.78 is 11.1. The summed E-state index contributed by atoms with van der Waals surface area (Å²) in [7, 11) is 0. The van der Waals surface area contributed by atoms with Gasteiger partial charge in [0, 0.05) is 18.0 Å². The summed E-state index contributed by atoms with van der Waals surface area (Å²) in [6.07, 6.45) is 3.34. The van der Waals surface area contributed by atoms with Crippen LogP contribution in [0, 0.1) is 0 Å². The average molecular weight is 428 g/mol. The second kappa shape index (κ2) is 9.01. The highest BCUT2D eigenvalue weighted by Gasteiger charge is 2.16. The number of aromatic nitrogens is 3. The van der Waals surface area contributed by atoms with Crippen molar-refractivity contribution in [3.8, 4) is 28.6 Å².